The standard InChI is InChI=1S/C26H22F5N/c1-2-3-17-11-23(28)20(24(29)12-17)9-6-16-4-7-19(22(27)10-16)8-5-18-13-25(30)21(15-32)26(31)14-18/h4,7,10-14H,2-3,5-6,8-9H2,1H3. The molecule has 0 amide bonds. The molecule has 3 rings (SSSR count). The average molecular weight is 443 g/mol. The van der Waals surface area contributed by atoms with Crippen molar-refractivity contribution in [3.63, 3.8) is 0 Å². The lowest BCUT2D eigenvalue weighted by Crippen LogP contribution is -2.02. The molecule has 0 radical (unpaired) electrons. The zero-order valence-electron chi connectivity index (χ0n) is 17.6. The Morgan fingerprint density at radius 2 is 1.16 bits per heavy atom. The minimum Gasteiger partial charge on any atom is -0.207 e. The molecule has 0 saturated carbocycles. The van der Waals surface area contributed by atoms with Gasteiger partial charge in [0.05, 0.1) is 0 Å². The number of nitriles is 1. The van der Waals surface area contributed by atoms with Gasteiger partial charge >= 0.3 is 0 Å². The van der Waals surface area contributed by atoms with Crippen molar-refractivity contribution in [2.24, 2.45) is 0 Å². The monoisotopic (exact) mass is 443 g/mol. The SMILES string of the molecule is CCCc1cc(F)c(CCc2ccc(CCc3cc(F)c(C#N)c(F)c3)c(F)c2)c(F)c1. The first-order valence-corrected chi connectivity index (χ1v) is 10.4. The molecule has 32 heavy (non-hydrogen) atoms. The Labute approximate surface area is 184 Å². The number of halogens is 5. The van der Waals surface area contributed by atoms with Crippen molar-refractivity contribution >= 4 is 0 Å². The number of nitrogens with zero attached hydrogens (tertiary/aromatic N) is 1. The van der Waals surface area contributed by atoms with Crippen LogP contribution < -0.4 is 0 Å². The van der Waals surface area contributed by atoms with Gasteiger partial charge in [-0.25, -0.2) is 22.0 Å². The Balaban J connectivity index is 1.65. The zero-order chi connectivity index (χ0) is 23.3. The fourth-order valence-corrected chi connectivity index (χ4v) is 3.70. The maximum Gasteiger partial charge on any atom is 0.144 e. The lowest BCUT2D eigenvalue weighted by atomic mass is 9.98. The van der Waals surface area contributed by atoms with Gasteiger partial charge in [-0.2, -0.15) is 5.26 Å². The minimum absolute atomic E-state index is 0.0146. The molecule has 6 heteroatoms. The summed E-state index contributed by atoms with van der Waals surface area (Å²) in [5, 5.41) is 8.72. The van der Waals surface area contributed by atoms with Crippen LogP contribution in [0.2, 0.25) is 0 Å². The first-order valence-electron chi connectivity index (χ1n) is 10.4. The summed E-state index contributed by atoms with van der Waals surface area (Å²) in [6.45, 7) is 1.93. The van der Waals surface area contributed by atoms with E-state index in [0.717, 1.165) is 18.6 Å². The van der Waals surface area contributed by atoms with Crippen molar-refractivity contribution < 1.29 is 22.0 Å². The van der Waals surface area contributed by atoms with E-state index in [0.29, 0.717) is 28.7 Å². The Kier molecular flexibility index (Phi) is 7.63. The first-order chi connectivity index (χ1) is 15.3. The van der Waals surface area contributed by atoms with Crippen molar-refractivity contribution in [1.29, 1.82) is 5.26 Å². The molecule has 0 fully saturated rings. The molecule has 0 spiro atoms. The molecule has 0 atom stereocenters. The molecule has 0 saturated heterocycles. The molecule has 0 aromatic heterocycles. The molecule has 1 nitrogen and oxygen atoms in total. The fraction of sp³-hybridized carbons (Fsp3) is 0.269. The molecule has 0 aliphatic rings. The van der Waals surface area contributed by atoms with Crippen molar-refractivity contribution in [1.82, 2.24) is 0 Å². The topological polar surface area (TPSA) is 23.8 Å². The number of hydrogen-bond donors (Lipinski definition) is 0. The zero-order valence-corrected chi connectivity index (χ0v) is 17.6. The molecule has 3 aromatic carbocycles. The van der Waals surface area contributed by atoms with E-state index >= 15 is 0 Å². The van der Waals surface area contributed by atoms with Gasteiger partial charge in [-0.3, -0.25) is 0 Å². The second kappa shape index (κ2) is 10.4. The van der Waals surface area contributed by atoms with Crippen LogP contribution in [0, 0.1) is 40.4 Å². The predicted molar refractivity (Wildman–Crippen MR) is 113 cm³/mol. The van der Waals surface area contributed by atoms with Crippen LogP contribution in [-0.2, 0) is 32.1 Å². The van der Waals surface area contributed by atoms with Gasteiger partial charge < -0.3 is 0 Å². The van der Waals surface area contributed by atoms with E-state index in [-0.39, 0.29) is 31.2 Å². The highest BCUT2D eigenvalue weighted by Gasteiger charge is 2.13. The van der Waals surface area contributed by atoms with Gasteiger partial charge in [-0.05, 0) is 84.7 Å². The molecular weight excluding hydrogens is 421 g/mol. The van der Waals surface area contributed by atoms with Gasteiger partial charge in [-0.1, -0.05) is 25.5 Å². The highest BCUT2D eigenvalue weighted by Crippen LogP contribution is 2.21. The quantitative estimate of drug-likeness (QED) is 0.352. The smallest absolute Gasteiger partial charge is 0.144 e. The van der Waals surface area contributed by atoms with E-state index < -0.39 is 34.6 Å². The van der Waals surface area contributed by atoms with E-state index in [2.05, 4.69) is 0 Å². The number of rotatable bonds is 8. The van der Waals surface area contributed by atoms with E-state index in [1.54, 1.807) is 12.1 Å². The van der Waals surface area contributed by atoms with E-state index in [9.17, 15) is 22.0 Å². The second-order valence-corrected chi connectivity index (χ2v) is 7.76. The van der Waals surface area contributed by atoms with Crippen LogP contribution in [0.4, 0.5) is 22.0 Å². The Hall–Kier alpha value is -3.20. The van der Waals surface area contributed by atoms with Gasteiger partial charge in [0, 0.05) is 5.56 Å². The third-order valence-corrected chi connectivity index (χ3v) is 5.42. The summed E-state index contributed by atoms with van der Waals surface area (Å²) in [4.78, 5) is 0. The molecule has 0 N–H and O–H groups in total. The fourth-order valence-electron chi connectivity index (χ4n) is 3.70. The van der Waals surface area contributed by atoms with Crippen LogP contribution in [0.15, 0.2) is 42.5 Å². The first kappa shape index (κ1) is 23.5. The Morgan fingerprint density at radius 3 is 1.72 bits per heavy atom. The highest BCUT2D eigenvalue weighted by molar-refractivity contribution is 5.36. The average Bonchev–Trinajstić information content (AvgIpc) is 2.72. The molecule has 0 bridgehead atoms. The molecule has 0 unspecified atom stereocenters. The normalized spacial score (nSPS) is 10.9. The summed E-state index contributed by atoms with van der Waals surface area (Å²) >= 11 is 0. The largest absolute Gasteiger partial charge is 0.207 e. The highest BCUT2D eigenvalue weighted by atomic mass is 19.1. The molecular formula is C26H22F5N. The summed E-state index contributed by atoms with van der Waals surface area (Å²) in [7, 11) is 0. The van der Waals surface area contributed by atoms with Crippen LogP contribution in [-0.4, -0.2) is 0 Å². The minimum atomic E-state index is -0.944. The van der Waals surface area contributed by atoms with Crippen molar-refractivity contribution in [3.8, 4) is 6.07 Å². The third-order valence-electron chi connectivity index (χ3n) is 5.42. The van der Waals surface area contributed by atoms with Gasteiger partial charge in [0.25, 0.3) is 0 Å². The maximum absolute atomic E-state index is 14.5. The number of benzene rings is 3. The van der Waals surface area contributed by atoms with E-state index in [1.165, 1.54) is 24.3 Å². The molecule has 0 aliphatic carbocycles. The van der Waals surface area contributed by atoms with Crippen LogP contribution in [0.1, 0.15) is 46.7 Å². The van der Waals surface area contributed by atoms with Gasteiger partial charge in [0.1, 0.15) is 40.7 Å². The Bertz CT molecular complexity index is 1120. The van der Waals surface area contributed by atoms with E-state index in [1.807, 2.05) is 6.92 Å². The number of hydrogen-bond acceptors (Lipinski definition) is 1. The van der Waals surface area contributed by atoms with Gasteiger partial charge in [0.15, 0.2) is 0 Å². The summed E-state index contributed by atoms with van der Waals surface area (Å²) < 4.78 is 70.5. The lowest BCUT2D eigenvalue weighted by Gasteiger charge is -2.10. The van der Waals surface area contributed by atoms with Crippen molar-refractivity contribution in [2.75, 3.05) is 0 Å². The second-order valence-electron chi connectivity index (χ2n) is 7.76. The molecule has 0 heterocycles. The van der Waals surface area contributed by atoms with Crippen molar-refractivity contribution in [3.05, 3.63) is 105 Å². The summed E-state index contributed by atoms with van der Waals surface area (Å²) in [6, 6.07) is 10.9. The van der Waals surface area contributed by atoms with Crippen LogP contribution >= 0.6 is 0 Å². The van der Waals surface area contributed by atoms with Crippen molar-refractivity contribution in [2.45, 2.75) is 45.4 Å². The van der Waals surface area contributed by atoms with E-state index in [4.69, 9.17) is 5.26 Å². The third kappa shape index (κ3) is 5.53. The van der Waals surface area contributed by atoms with Gasteiger partial charge in [-0.15, -0.1) is 0 Å². The Morgan fingerprint density at radius 1 is 0.625 bits per heavy atom. The van der Waals surface area contributed by atoms with Gasteiger partial charge in [0.2, 0.25) is 0 Å². The van der Waals surface area contributed by atoms with Crippen LogP contribution in [0.25, 0.3) is 0 Å². The summed E-state index contributed by atoms with van der Waals surface area (Å²) in [6.07, 6.45) is 2.16. The van der Waals surface area contributed by atoms with Crippen LogP contribution in [0.5, 0.6) is 0 Å². The summed E-state index contributed by atoms with van der Waals surface area (Å²) in [5.41, 5.74) is 1.23. The number of aryl methyl sites for hydroxylation is 4. The lowest BCUT2D eigenvalue weighted by molar-refractivity contribution is 0.550. The van der Waals surface area contributed by atoms with Crippen LogP contribution in [0.3, 0.4) is 0 Å². The summed E-state index contributed by atoms with van der Waals surface area (Å²) in [5.74, 6) is -3.56. The molecule has 3 aromatic rings. The predicted octanol–water partition coefficient (Wildman–Crippen LogP) is 6.78. The maximum atomic E-state index is 14.5. The molecule has 0 aliphatic heterocycles. The molecule has 166 valence electrons.